The largest absolute Gasteiger partial charge is 0.320 e. The Labute approximate surface area is 192 Å². The van der Waals surface area contributed by atoms with Gasteiger partial charge in [0.15, 0.2) is 5.69 Å². The third-order valence-corrected chi connectivity index (χ3v) is 7.57. The highest BCUT2D eigenvalue weighted by molar-refractivity contribution is 7.89. The Morgan fingerprint density at radius 3 is 2.42 bits per heavy atom. The van der Waals surface area contributed by atoms with Gasteiger partial charge in [0.05, 0.1) is 10.6 Å². The fraction of sp³-hybridized carbons (Fsp3) is 0.292. The number of carbonyl (C=O) groups is 1. The average molecular weight is 467 g/mol. The van der Waals surface area contributed by atoms with Crippen molar-refractivity contribution in [3.63, 3.8) is 0 Å². The van der Waals surface area contributed by atoms with Crippen molar-refractivity contribution < 1.29 is 13.2 Å². The zero-order chi connectivity index (χ0) is 23.6. The molecule has 2 aromatic carbocycles. The standard InChI is InChI=1S/C24H26N4O4S/c1-17-5-9-20(10-6-17)28-15-13-22(29)23(26-28)24(30)25-19-7-11-21(12-8-19)33(31,32)27-14-3-4-18(2)16-27/h5-13,15,18H,3-4,14,16H2,1-2H3,(H,25,30)/t18-/m0/s1. The number of hydrogen-bond acceptors (Lipinski definition) is 5. The van der Waals surface area contributed by atoms with Crippen LogP contribution in [0.4, 0.5) is 5.69 Å². The van der Waals surface area contributed by atoms with Gasteiger partial charge in [0.1, 0.15) is 0 Å². The Morgan fingerprint density at radius 2 is 1.76 bits per heavy atom. The van der Waals surface area contributed by atoms with Crippen LogP contribution in [0.3, 0.4) is 0 Å². The molecule has 0 spiro atoms. The zero-order valence-electron chi connectivity index (χ0n) is 18.6. The molecule has 1 amide bonds. The molecule has 33 heavy (non-hydrogen) atoms. The number of aryl methyl sites for hydroxylation is 1. The van der Waals surface area contributed by atoms with Crippen LogP contribution in [0.15, 0.2) is 70.5 Å². The summed E-state index contributed by atoms with van der Waals surface area (Å²) in [6, 6.07) is 14.8. The van der Waals surface area contributed by atoms with E-state index in [9.17, 15) is 18.0 Å². The van der Waals surface area contributed by atoms with Crippen molar-refractivity contribution in [2.24, 2.45) is 5.92 Å². The number of amides is 1. The first kappa shape index (κ1) is 22.9. The highest BCUT2D eigenvalue weighted by Crippen LogP contribution is 2.24. The van der Waals surface area contributed by atoms with Crippen molar-refractivity contribution >= 4 is 21.6 Å². The number of rotatable bonds is 5. The highest BCUT2D eigenvalue weighted by atomic mass is 32.2. The lowest BCUT2D eigenvalue weighted by Gasteiger charge is -2.30. The molecule has 0 bridgehead atoms. The molecule has 1 fully saturated rings. The summed E-state index contributed by atoms with van der Waals surface area (Å²) in [5, 5.41) is 6.81. The Bertz CT molecular complexity index is 1320. The molecule has 0 radical (unpaired) electrons. The minimum atomic E-state index is -3.58. The summed E-state index contributed by atoms with van der Waals surface area (Å²) in [5.41, 5.74) is 1.42. The Hall–Kier alpha value is -3.30. The lowest BCUT2D eigenvalue weighted by atomic mass is 10.0. The topological polar surface area (TPSA) is 101 Å². The van der Waals surface area contributed by atoms with Gasteiger partial charge >= 0.3 is 0 Å². The first-order chi connectivity index (χ1) is 15.7. The molecular formula is C24H26N4O4S. The van der Waals surface area contributed by atoms with Crippen molar-refractivity contribution in [1.82, 2.24) is 14.1 Å². The smallest absolute Gasteiger partial charge is 0.280 e. The van der Waals surface area contributed by atoms with E-state index >= 15 is 0 Å². The number of carbonyl (C=O) groups excluding carboxylic acids is 1. The van der Waals surface area contributed by atoms with E-state index in [-0.39, 0.29) is 10.6 Å². The molecule has 0 saturated carbocycles. The fourth-order valence-electron chi connectivity index (χ4n) is 3.82. The minimum absolute atomic E-state index is 0.175. The van der Waals surface area contributed by atoms with E-state index in [1.165, 1.54) is 45.5 Å². The van der Waals surface area contributed by atoms with E-state index in [2.05, 4.69) is 10.4 Å². The van der Waals surface area contributed by atoms with Crippen LogP contribution in [-0.4, -0.2) is 41.5 Å². The maximum absolute atomic E-state index is 12.9. The zero-order valence-corrected chi connectivity index (χ0v) is 19.4. The second-order valence-corrected chi connectivity index (χ2v) is 10.3. The number of aromatic nitrogens is 2. The van der Waals surface area contributed by atoms with Crippen LogP contribution in [0.25, 0.3) is 5.69 Å². The number of nitrogens with zero attached hydrogens (tertiary/aromatic N) is 3. The number of hydrogen-bond donors (Lipinski definition) is 1. The van der Waals surface area contributed by atoms with Crippen LogP contribution in [0.1, 0.15) is 35.8 Å². The Kier molecular flexibility index (Phi) is 6.44. The van der Waals surface area contributed by atoms with Gasteiger partial charge in [-0.15, -0.1) is 0 Å². The molecular weight excluding hydrogens is 440 g/mol. The van der Waals surface area contributed by atoms with Gasteiger partial charge < -0.3 is 5.32 Å². The van der Waals surface area contributed by atoms with Crippen molar-refractivity contribution in [1.29, 1.82) is 0 Å². The summed E-state index contributed by atoms with van der Waals surface area (Å²) in [6.45, 7) is 5.03. The first-order valence-electron chi connectivity index (χ1n) is 10.8. The van der Waals surface area contributed by atoms with Gasteiger partial charge in [-0.2, -0.15) is 9.40 Å². The van der Waals surface area contributed by atoms with Gasteiger partial charge in [0.2, 0.25) is 15.5 Å². The van der Waals surface area contributed by atoms with Gasteiger partial charge in [-0.3, -0.25) is 9.59 Å². The van der Waals surface area contributed by atoms with Gasteiger partial charge in [0.25, 0.3) is 5.91 Å². The number of nitrogens with one attached hydrogen (secondary N) is 1. The average Bonchev–Trinajstić information content (AvgIpc) is 2.80. The molecule has 1 aliphatic heterocycles. The van der Waals surface area contributed by atoms with E-state index in [0.717, 1.165) is 24.1 Å². The lowest BCUT2D eigenvalue weighted by Crippen LogP contribution is -2.39. The normalized spacial score (nSPS) is 17.0. The minimum Gasteiger partial charge on any atom is -0.320 e. The van der Waals surface area contributed by atoms with E-state index in [1.54, 1.807) is 0 Å². The van der Waals surface area contributed by atoms with Crippen LogP contribution >= 0.6 is 0 Å². The van der Waals surface area contributed by atoms with E-state index in [0.29, 0.717) is 24.7 Å². The quantitative estimate of drug-likeness (QED) is 0.622. The molecule has 1 aromatic heterocycles. The summed E-state index contributed by atoms with van der Waals surface area (Å²) in [6.07, 6.45) is 3.37. The van der Waals surface area contributed by atoms with E-state index in [4.69, 9.17) is 0 Å². The third-order valence-electron chi connectivity index (χ3n) is 5.69. The second kappa shape index (κ2) is 9.29. The summed E-state index contributed by atoms with van der Waals surface area (Å²) >= 11 is 0. The van der Waals surface area contributed by atoms with Crippen molar-refractivity contribution in [2.45, 2.75) is 31.6 Å². The summed E-state index contributed by atoms with van der Waals surface area (Å²) < 4.78 is 28.8. The SMILES string of the molecule is Cc1ccc(-n2ccc(=O)c(C(=O)Nc3ccc(S(=O)(=O)N4CCC[C@H](C)C4)cc3)n2)cc1. The van der Waals surface area contributed by atoms with Crippen LogP contribution in [0.2, 0.25) is 0 Å². The predicted octanol–water partition coefficient (Wildman–Crippen LogP) is 3.21. The van der Waals surface area contributed by atoms with Crippen LogP contribution in [0.5, 0.6) is 0 Å². The second-order valence-electron chi connectivity index (χ2n) is 8.40. The van der Waals surface area contributed by atoms with Gasteiger partial charge in [0, 0.05) is 31.0 Å². The highest BCUT2D eigenvalue weighted by Gasteiger charge is 2.28. The van der Waals surface area contributed by atoms with Crippen molar-refractivity contribution in [3.8, 4) is 5.69 Å². The van der Waals surface area contributed by atoms with E-state index in [1.807, 2.05) is 38.1 Å². The Morgan fingerprint density at radius 1 is 1.06 bits per heavy atom. The molecule has 3 aromatic rings. The Balaban J connectivity index is 1.52. The number of anilines is 1. The molecule has 8 nitrogen and oxygen atoms in total. The maximum Gasteiger partial charge on any atom is 0.280 e. The fourth-order valence-corrected chi connectivity index (χ4v) is 5.42. The van der Waals surface area contributed by atoms with Gasteiger partial charge in [-0.1, -0.05) is 24.6 Å². The summed E-state index contributed by atoms with van der Waals surface area (Å²) in [5.74, 6) is -0.337. The maximum atomic E-state index is 12.9. The summed E-state index contributed by atoms with van der Waals surface area (Å²) in [4.78, 5) is 25.2. The monoisotopic (exact) mass is 466 g/mol. The van der Waals surface area contributed by atoms with Gasteiger partial charge in [-0.25, -0.2) is 13.1 Å². The van der Waals surface area contributed by atoms with Gasteiger partial charge in [-0.05, 0) is 62.1 Å². The molecule has 1 aliphatic rings. The number of sulfonamides is 1. The lowest BCUT2D eigenvalue weighted by molar-refractivity contribution is 0.101. The third kappa shape index (κ3) is 5.04. The molecule has 1 N–H and O–H groups in total. The first-order valence-corrected chi connectivity index (χ1v) is 12.3. The predicted molar refractivity (Wildman–Crippen MR) is 126 cm³/mol. The van der Waals surface area contributed by atoms with Crippen LogP contribution in [0, 0.1) is 12.8 Å². The molecule has 1 atom stereocenters. The molecule has 1 saturated heterocycles. The van der Waals surface area contributed by atoms with Crippen molar-refractivity contribution in [3.05, 3.63) is 82.3 Å². The molecule has 0 unspecified atom stereocenters. The van der Waals surface area contributed by atoms with Crippen LogP contribution < -0.4 is 10.7 Å². The number of benzene rings is 2. The molecule has 9 heteroatoms. The molecule has 4 rings (SSSR count). The molecule has 2 heterocycles. The van der Waals surface area contributed by atoms with Crippen molar-refractivity contribution in [2.75, 3.05) is 18.4 Å². The molecule has 172 valence electrons. The molecule has 0 aliphatic carbocycles. The van der Waals surface area contributed by atoms with Crippen LogP contribution in [-0.2, 0) is 10.0 Å². The number of piperidine rings is 1. The summed E-state index contributed by atoms with van der Waals surface area (Å²) in [7, 11) is -3.58. The van der Waals surface area contributed by atoms with E-state index < -0.39 is 21.4 Å².